The molecule has 0 aliphatic carbocycles. The van der Waals surface area contributed by atoms with Crippen LogP contribution in [0.1, 0.15) is 50.7 Å². The van der Waals surface area contributed by atoms with E-state index in [-0.39, 0.29) is 5.97 Å². The molecule has 0 fully saturated rings. The summed E-state index contributed by atoms with van der Waals surface area (Å²) in [6.45, 7) is 5.74. The van der Waals surface area contributed by atoms with Crippen LogP contribution in [-0.2, 0) is 27.1 Å². The van der Waals surface area contributed by atoms with Crippen LogP contribution in [0.15, 0.2) is 78.9 Å². The number of esters is 1. The van der Waals surface area contributed by atoms with Gasteiger partial charge in [0.05, 0.1) is 19.2 Å². The number of para-hydroxylation sites is 1. The first-order valence-corrected chi connectivity index (χ1v) is 13.4. The number of amides is 1. The molecular formula is C32H40N2O4. The lowest BCUT2D eigenvalue weighted by atomic mass is 10.0. The maximum atomic E-state index is 12.6. The Kier molecular flexibility index (Phi) is 11.4. The zero-order valence-electron chi connectivity index (χ0n) is 22.8. The molecule has 0 aliphatic heterocycles. The van der Waals surface area contributed by atoms with Crippen LogP contribution in [0.3, 0.4) is 0 Å². The normalized spacial score (nSPS) is 11.1. The highest BCUT2D eigenvalue weighted by Crippen LogP contribution is 2.28. The van der Waals surface area contributed by atoms with Crippen LogP contribution in [-0.4, -0.2) is 37.9 Å². The van der Waals surface area contributed by atoms with Gasteiger partial charge in [-0.2, -0.15) is 0 Å². The minimum atomic E-state index is -0.562. The molecule has 0 radical (unpaired) electrons. The van der Waals surface area contributed by atoms with Gasteiger partial charge in [-0.1, -0.05) is 72.8 Å². The van der Waals surface area contributed by atoms with Crippen LogP contribution >= 0.6 is 0 Å². The number of rotatable bonds is 14. The topological polar surface area (TPSA) is 76.7 Å². The lowest BCUT2D eigenvalue weighted by Crippen LogP contribution is -2.31. The van der Waals surface area contributed by atoms with Gasteiger partial charge >= 0.3 is 12.1 Å². The fourth-order valence-corrected chi connectivity index (χ4v) is 4.30. The largest absolute Gasteiger partial charge is 0.469 e. The number of methoxy groups -OCH3 is 1. The van der Waals surface area contributed by atoms with E-state index in [4.69, 9.17) is 9.47 Å². The summed E-state index contributed by atoms with van der Waals surface area (Å²) in [5.74, 6) is -0.216. The summed E-state index contributed by atoms with van der Waals surface area (Å²) in [7, 11) is 1.41. The standard InChI is InChI=1S/C32H40N2O4/c1-32(2,38-31(36)34-29-16-8-7-15-28(29)27-13-5-4-6-14-27)21-11-23-33-22-10-9-12-25-17-19-26(20-18-25)24-30(35)37-3/h4-8,13-20,33H,9-12,21-24H2,1-3H3,(H,34,36). The zero-order valence-corrected chi connectivity index (χ0v) is 22.8. The highest BCUT2D eigenvalue weighted by Gasteiger charge is 2.23. The van der Waals surface area contributed by atoms with Crippen molar-refractivity contribution in [1.29, 1.82) is 0 Å². The summed E-state index contributed by atoms with van der Waals surface area (Å²) in [5, 5.41) is 6.41. The van der Waals surface area contributed by atoms with E-state index in [1.165, 1.54) is 12.7 Å². The average Bonchev–Trinajstić information content (AvgIpc) is 2.91. The van der Waals surface area contributed by atoms with Gasteiger partial charge in [0, 0.05) is 5.56 Å². The second-order valence-corrected chi connectivity index (χ2v) is 10.1. The van der Waals surface area contributed by atoms with Crippen LogP contribution in [0.5, 0.6) is 0 Å². The Balaban J connectivity index is 1.30. The predicted molar refractivity (Wildman–Crippen MR) is 153 cm³/mol. The van der Waals surface area contributed by atoms with E-state index in [0.717, 1.165) is 67.6 Å². The van der Waals surface area contributed by atoms with E-state index >= 15 is 0 Å². The summed E-state index contributed by atoms with van der Waals surface area (Å²) in [4.78, 5) is 24.0. The van der Waals surface area contributed by atoms with Crippen LogP contribution in [0, 0.1) is 0 Å². The monoisotopic (exact) mass is 516 g/mol. The van der Waals surface area contributed by atoms with Crippen LogP contribution in [0.2, 0.25) is 0 Å². The number of hydrogen-bond donors (Lipinski definition) is 2. The number of aryl methyl sites for hydroxylation is 1. The van der Waals surface area contributed by atoms with Crippen molar-refractivity contribution in [1.82, 2.24) is 5.32 Å². The molecule has 0 aromatic heterocycles. The van der Waals surface area contributed by atoms with E-state index in [0.29, 0.717) is 6.42 Å². The third-order valence-corrected chi connectivity index (χ3v) is 6.42. The fourth-order valence-electron chi connectivity index (χ4n) is 4.30. The van der Waals surface area contributed by atoms with Gasteiger partial charge in [0.2, 0.25) is 0 Å². The van der Waals surface area contributed by atoms with Crippen molar-refractivity contribution in [2.45, 2.75) is 58.0 Å². The van der Waals surface area contributed by atoms with Gasteiger partial charge in [-0.25, -0.2) is 4.79 Å². The fraction of sp³-hybridized carbons (Fsp3) is 0.375. The van der Waals surface area contributed by atoms with E-state index < -0.39 is 11.7 Å². The SMILES string of the molecule is COC(=O)Cc1ccc(CCCCNCCCC(C)(C)OC(=O)Nc2ccccc2-c2ccccc2)cc1. The Bertz CT molecular complexity index is 1140. The van der Waals surface area contributed by atoms with Crippen molar-refractivity contribution >= 4 is 17.7 Å². The molecule has 6 nitrogen and oxygen atoms in total. The van der Waals surface area contributed by atoms with Crippen LogP contribution in [0.4, 0.5) is 10.5 Å². The quantitative estimate of drug-likeness (QED) is 0.182. The maximum absolute atomic E-state index is 12.6. The lowest BCUT2D eigenvalue weighted by Gasteiger charge is -2.25. The van der Waals surface area contributed by atoms with Crippen molar-refractivity contribution < 1.29 is 19.1 Å². The first-order valence-electron chi connectivity index (χ1n) is 13.4. The molecule has 3 aromatic rings. The predicted octanol–water partition coefficient (Wildman–Crippen LogP) is 6.79. The molecule has 0 spiro atoms. The van der Waals surface area contributed by atoms with E-state index in [9.17, 15) is 9.59 Å². The Morgan fingerprint density at radius 1 is 0.789 bits per heavy atom. The van der Waals surface area contributed by atoms with Gasteiger partial charge in [0.25, 0.3) is 0 Å². The van der Waals surface area contributed by atoms with Crippen molar-refractivity contribution in [3.8, 4) is 11.1 Å². The molecular weight excluding hydrogens is 476 g/mol. The van der Waals surface area contributed by atoms with Crippen molar-refractivity contribution in [2.24, 2.45) is 0 Å². The Hall–Kier alpha value is -3.64. The summed E-state index contributed by atoms with van der Waals surface area (Å²) < 4.78 is 10.5. The molecule has 2 N–H and O–H groups in total. The van der Waals surface area contributed by atoms with E-state index in [1.807, 2.05) is 80.6 Å². The molecule has 202 valence electrons. The van der Waals surface area contributed by atoms with E-state index in [2.05, 4.69) is 22.8 Å². The van der Waals surface area contributed by atoms with Gasteiger partial charge in [-0.15, -0.1) is 0 Å². The molecule has 3 aromatic carbocycles. The summed E-state index contributed by atoms with van der Waals surface area (Å²) in [6, 6.07) is 25.9. The van der Waals surface area contributed by atoms with Crippen molar-refractivity contribution in [2.75, 3.05) is 25.5 Å². The molecule has 0 aliphatic rings. The molecule has 0 unspecified atom stereocenters. The average molecular weight is 517 g/mol. The molecule has 38 heavy (non-hydrogen) atoms. The third-order valence-electron chi connectivity index (χ3n) is 6.42. The Morgan fingerprint density at radius 2 is 1.45 bits per heavy atom. The highest BCUT2D eigenvalue weighted by molar-refractivity contribution is 5.91. The Labute approximate surface area is 226 Å². The molecule has 3 rings (SSSR count). The molecule has 0 saturated heterocycles. The van der Waals surface area contributed by atoms with Crippen molar-refractivity contribution in [3.63, 3.8) is 0 Å². The van der Waals surface area contributed by atoms with Crippen LogP contribution < -0.4 is 10.6 Å². The lowest BCUT2D eigenvalue weighted by molar-refractivity contribution is -0.139. The number of ether oxygens (including phenoxy) is 2. The van der Waals surface area contributed by atoms with E-state index in [1.54, 1.807) is 0 Å². The van der Waals surface area contributed by atoms with Crippen molar-refractivity contribution in [3.05, 3.63) is 90.0 Å². The number of unbranched alkanes of at least 4 members (excludes halogenated alkanes) is 1. The van der Waals surface area contributed by atoms with Gasteiger partial charge in [-0.3, -0.25) is 10.1 Å². The second kappa shape index (κ2) is 14.9. The number of anilines is 1. The summed E-state index contributed by atoms with van der Waals surface area (Å²) in [5.41, 5.74) is 4.43. The molecule has 0 atom stereocenters. The summed E-state index contributed by atoms with van der Waals surface area (Å²) >= 11 is 0. The zero-order chi connectivity index (χ0) is 27.2. The second-order valence-electron chi connectivity index (χ2n) is 10.1. The smallest absolute Gasteiger partial charge is 0.412 e. The van der Waals surface area contributed by atoms with Crippen LogP contribution in [0.25, 0.3) is 11.1 Å². The Morgan fingerprint density at radius 3 is 2.18 bits per heavy atom. The number of carbonyl (C=O) groups excluding carboxylic acids is 2. The van der Waals surface area contributed by atoms with Gasteiger partial charge in [-0.05, 0) is 81.8 Å². The maximum Gasteiger partial charge on any atom is 0.412 e. The first-order chi connectivity index (χ1) is 18.4. The van der Waals surface area contributed by atoms with Gasteiger partial charge in [0.15, 0.2) is 0 Å². The number of carbonyl (C=O) groups is 2. The number of hydrogen-bond acceptors (Lipinski definition) is 5. The van der Waals surface area contributed by atoms with Gasteiger partial charge in [0.1, 0.15) is 5.60 Å². The summed E-state index contributed by atoms with van der Waals surface area (Å²) in [6.07, 6.45) is 4.77. The third kappa shape index (κ3) is 10.0. The number of nitrogens with one attached hydrogen (secondary N) is 2. The molecule has 6 heteroatoms. The number of benzene rings is 3. The first kappa shape index (κ1) is 28.9. The molecule has 0 heterocycles. The molecule has 0 saturated carbocycles. The molecule has 1 amide bonds. The molecule has 0 bridgehead atoms. The minimum absolute atomic E-state index is 0.216. The highest BCUT2D eigenvalue weighted by atomic mass is 16.6. The van der Waals surface area contributed by atoms with Gasteiger partial charge < -0.3 is 14.8 Å². The minimum Gasteiger partial charge on any atom is -0.469 e.